The van der Waals surface area contributed by atoms with E-state index >= 15 is 0 Å². The average Bonchev–Trinajstić information content (AvgIpc) is 2.56. The molecule has 0 saturated carbocycles. The van der Waals surface area contributed by atoms with Gasteiger partial charge in [0.25, 0.3) is 0 Å². The van der Waals surface area contributed by atoms with Crippen LogP contribution in [0.4, 0.5) is 8.78 Å². The molecule has 0 saturated heterocycles. The van der Waals surface area contributed by atoms with Gasteiger partial charge >= 0.3 is 0 Å². The molecular weight excluding hydrogens is 298 g/mol. The van der Waals surface area contributed by atoms with Crippen LogP contribution in [0.2, 0.25) is 0 Å². The molecule has 0 atom stereocenters. The van der Waals surface area contributed by atoms with E-state index in [1.54, 1.807) is 6.08 Å². The normalized spacial score (nSPS) is 15.5. The zero-order valence-electron chi connectivity index (χ0n) is 12.6. The fourth-order valence-electron chi connectivity index (χ4n) is 2.82. The predicted octanol–water partition coefficient (Wildman–Crippen LogP) is 2.97. The first-order valence-corrected chi connectivity index (χ1v) is 7.37. The molecule has 1 aliphatic carbocycles. The number of fused-ring (bicyclic) bond motifs is 1. The van der Waals surface area contributed by atoms with Gasteiger partial charge in [0.1, 0.15) is 12.9 Å². The van der Waals surface area contributed by atoms with Crippen molar-refractivity contribution >= 4 is 0 Å². The number of ether oxygens (including phenoxy) is 1. The van der Waals surface area contributed by atoms with Gasteiger partial charge in [-0.1, -0.05) is 0 Å². The van der Waals surface area contributed by atoms with Gasteiger partial charge in [0.15, 0.2) is 29.7 Å². The van der Waals surface area contributed by atoms with E-state index in [1.807, 2.05) is 42.2 Å². The van der Waals surface area contributed by atoms with E-state index < -0.39 is 11.6 Å². The molecule has 5 heteroatoms. The monoisotopic (exact) mass is 313 g/mol. The highest BCUT2D eigenvalue weighted by atomic mass is 19.1. The van der Waals surface area contributed by atoms with E-state index in [4.69, 9.17) is 4.74 Å². The molecule has 0 amide bonds. The molecule has 0 N–H and O–H groups in total. The van der Waals surface area contributed by atoms with Gasteiger partial charge < -0.3 is 9.64 Å². The molecule has 1 aromatic carbocycles. The number of allylic oxidation sites excluding steroid dienone is 2. The molecule has 0 bridgehead atoms. The Morgan fingerprint density at radius 3 is 2.65 bits per heavy atom. The highest BCUT2D eigenvalue weighted by Crippen LogP contribution is 2.37. The third-order valence-corrected chi connectivity index (χ3v) is 4.07. The number of halogens is 2. The van der Waals surface area contributed by atoms with E-state index in [2.05, 4.69) is 4.90 Å². The minimum Gasteiger partial charge on any atom is -0.452 e. The van der Waals surface area contributed by atoms with Crippen molar-refractivity contribution in [2.24, 2.45) is 7.05 Å². The van der Waals surface area contributed by atoms with Crippen LogP contribution < -0.4 is 9.30 Å². The molecule has 0 spiro atoms. The number of aryl methyl sites for hydroxylation is 1. The Morgan fingerprint density at radius 2 is 1.96 bits per heavy atom. The zero-order valence-corrected chi connectivity index (χ0v) is 12.6. The summed E-state index contributed by atoms with van der Waals surface area (Å²) in [5, 5.41) is 0. The van der Waals surface area contributed by atoms with Gasteiger partial charge in [-0.25, -0.2) is 13.3 Å². The molecule has 2 aromatic rings. The predicted molar refractivity (Wildman–Crippen MR) is 80.0 cm³/mol. The van der Waals surface area contributed by atoms with Crippen LogP contribution in [0.15, 0.2) is 60.3 Å². The fraction of sp³-hybridized carbons (Fsp3) is 0.167. The highest BCUT2D eigenvalue weighted by Gasteiger charge is 2.27. The Labute approximate surface area is 132 Å². The molecule has 1 aliphatic heterocycles. The molecule has 0 fully saturated rings. The fourth-order valence-corrected chi connectivity index (χ4v) is 2.82. The lowest BCUT2D eigenvalue weighted by atomic mass is 10.1. The quantitative estimate of drug-likeness (QED) is 0.793. The van der Waals surface area contributed by atoms with Crippen molar-refractivity contribution in [3.8, 4) is 5.75 Å². The third kappa shape index (κ3) is 2.48. The SMILES string of the molecule is C[n+]1ccc(CN2Cc3cc(F)cc(F)c3OC3=C2C=C3)cc1. The molecule has 0 unspecified atom stereocenters. The number of hydrogen-bond acceptors (Lipinski definition) is 2. The molecule has 2 heterocycles. The van der Waals surface area contributed by atoms with E-state index in [-0.39, 0.29) is 5.75 Å². The largest absolute Gasteiger partial charge is 0.452 e. The zero-order chi connectivity index (χ0) is 16.0. The molecule has 23 heavy (non-hydrogen) atoms. The molecule has 3 nitrogen and oxygen atoms in total. The first kappa shape index (κ1) is 13.9. The van der Waals surface area contributed by atoms with Crippen LogP contribution in [0.5, 0.6) is 5.75 Å². The van der Waals surface area contributed by atoms with E-state index in [9.17, 15) is 8.78 Å². The first-order valence-electron chi connectivity index (χ1n) is 7.37. The Bertz CT molecular complexity index is 841. The van der Waals surface area contributed by atoms with Crippen LogP contribution in [-0.4, -0.2) is 4.90 Å². The van der Waals surface area contributed by atoms with Crippen molar-refractivity contribution in [1.82, 2.24) is 4.90 Å². The molecular formula is C18H15F2N2O+. The van der Waals surface area contributed by atoms with Gasteiger partial charge in [0.05, 0.1) is 5.70 Å². The summed E-state index contributed by atoms with van der Waals surface area (Å²) in [6.07, 6.45) is 7.68. The molecule has 0 radical (unpaired) electrons. The lowest BCUT2D eigenvalue weighted by Gasteiger charge is -2.27. The van der Waals surface area contributed by atoms with Gasteiger partial charge in [-0.3, -0.25) is 0 Å². The van der Waals surface area contributed by atoms with Crippen LogP contribution in [0.1, 0.15) is 11.1 Å². The number of benzene rings is 1. The third-order valence-electron chi connectivity index (χ3n) is 4.07. The highest BCUT2D eigenvalue weighted by molar-refractivity contribution is 5.48. The number of pyridine rings is 1. The van der Waals surface area contributed by atoms with Crippen LogP contribution in [-0.2, 0) is 20.1 Å². The van der Waals surface area contributed by atoms with Gasteiger partial charge in [-0.05, 0) is 23.8 Å². The Hall–Kier alpha value is -2.69. The van der Waals surface area contributed by atoms with Crippen molar-refractivity contribution in [2.45, 2.75) is 13.1 Å². The molecule has 1 aromatic heterocycles. The Kier molecular flexibility index (Phi) is 3.15. The summed E-state index contributed by atoms with van der Waals surface area (Å²) in [6, 6.07) is 6.25. The van der Waals surface area contributed by atoms with Crippen molar-refractivity contribution in [2.75, 3.05) is 0 Å². The van der Waals surface area contributed by atoms with Crippen molar-refractivity contribution in [1.29, 1.82) is 0 Å². The Morgan fingerprint density at radius 1 is 1.17 bits per heavy atom. The van der Waals surface area contributed by atoms with E-state index in [1.165, 1.54) is 6.07 Å². The van der Waals surface area contributed by atoms with E-state index in [0.29, 0.717) is 24.4 Å². The Balaban J connectivity index is 1.69. The number of nitrogens with zero attached hydrogens (tertiary/aromatic N) is 2. The minimum atomic E-state index is -0.666. The number of hydrogen-bond donors (Lipinski definition) is 0. The summed E-state index contributed by atoms with van der Waals surface area (Å²) < 4.78 is 35.1. The maximum atomic E-state index is 14.0. The first-order chi connectivity index (χ1) is 11.1. The summed E-state index contributed by atoms with van der Waals surface area (Å²) in [5.74, 6) is -0.518. The summed E-state index contributed by atoms with van der Waals surface area (Å²) >= 11 is 0. The van der Waals surface area contributed by atoms with Crippen molar-refractivity contribution < 1.29 is 18.1 Å². The van der Waals surface area contributed by atoms with Gasteiger partial charge in [0, 0.05) is 36.9 Å². The van der Waals surface area contributed by atoms with Crippen LogP contribution in [0.25, 0.3) is 0 Å². The maximum absolute atomic E-state index is 14.0. The topological polar surface area (TPSA) is 16.4 Å². The second-order valence-electron chi connectivity index (χ2n) is 5.79. The lowest BCUT2D eigenvalue weighted by molar-refractivity contribution is -0.671. The second kappa shape index (κ2) is 5.19. The molecule has 116 valence electrons. The number of aromatic nitrogens is 1. The maximum Gasteiger partial charge on any atom is 0.168 e. The standard InChI is InChI=1S/C18H15F2N2O/c1-21-6-4-12(5-7-21)10-22-11-13-8-14(19)9-15(20)18(13)23-17-3-2-16(17)22/h2-9H,10-11H2,1H3/q+1. The van der Waals surface area contributed by atoms with Gasteiger partial charge in [0.2, 0.25) is 0 Å². The average molecular weight is 313 g/mol. The number of rotatable bonds is 2. The summed E-state index contributed by atoms with van der Waals surface area (Å²) in [7, 11) is 1.96. The minimum absolute atomic E-state index is 0.116. The summed E-state index contributed by atoms with van der Waals surface area (Å²) in [5.41, 5.74) is 2.55. The van der Waals surface area contributed by atoms with Crippen molar-refractivity contribution in [3.05, 3.63) is 83.0 Å². The summed E-state index contributed by atoms with van der Waals surface area (Å²) in [6.45, 7) is 1.04. The van der Waals surface area contributed by atoms with Crippen LogP contribution in [0.3, 0.4) is 0 Å². The van der Waals surface area contributed by atoms with Crippen LogP contribution in [0, 0.1) is 11.6 Å². The lowest BCUT2D eigenvalue weighted by Crippen LogP contribution is -2.28. The van der Waals surface area contributed by atoms with E-state index in [0.717, 1.165) is 17.3 Å². The molecule has 2 aliphatic rings. The van der Waals surface area contributed by atoms with Gasteiger partial charge in [-0.2, -0.15) is 0 Å². The van der Waals surface area contributed by atoms with Crippen LogP contribution >= 0.6 is 0 Å². The smallest absolute Gasteiger partial charge is 0.168 e. The van der Waals surface area contributed by atoms with Gasteiger partial charge in [-0.15, -0.1) is 0 Å². The summed E-state index contributed by atoms with van der Waals surface area (Å²) in [4.78, 5) is 2.06. The second-order valence-corrected chi connectivity index (χ2v) is 5.79. The van der Waals surface area contributed by atoms with Crippen molar-refractivity contribution in [3.63, 3.8) is 0 Å². The molecule has 4 rings (SSSR count).